The summed E-state index contributed by atoms with van der Waals surface area (Å²) in [6, 6.07) is 9.23. The number of nitrogens with two attached hydrogens (primary N) is 1. The number of aliphatic imine (C=N–C) groups is 1. The van der Waals surface area contributed by atoms with E-state index in [4.69, 9.17) is 20.2 Å². The maximum atomic E-state index is 14.2. The van der Waals surface area contributed by atoms with E-state index in [1.807, 2.05) is 18.2 Å². The lowest BCUT2D eigenvalue weighted by Gasteiger charge is -2.46. The average molecular weight is 371 g/mol. The van der Waals surface area contributed by atoms with Gasteiger partial charge in [0.05, 0.1) is 13.2 Å². The van der Waals surface area contributed by atoms with Gasteiger partial charge >= 0.3 is 0 Å². The van der Waals surface area contributed by atoms with Crippen molar-refractivity contribution in [2.75, 3.05) is 19.0 Å². The second kappa shape index (κ2) is 5.96. The van der Waals surface area contributed by atoms with Crippen LogP contribution in [0.25, 0.3) is 11.1 Å². The fourth-order valence-electron chi connectivity index (χ4n) is 4.18. The predicted molar refractivity (Wildman–Crippen MR) is 98.7 cm³/mol. The van der Waals surface area contributed by atoms with Gasteiger partial charge < -0.3 is 15.2 Å². The Hall–Kier alpha value is -2.12. The SMILES string of the molecule is NC1=N[C@@]2(CS1)c1cc(-c3cccnc3F)ccc1O[C@H]1CCOC[C@@H]12. The van der Waals surface area contributed by atoms with E-state index < -0.39 is 11.5 Å². The van der Waals surface area contributed by atoms with Crippen LogP contribution in [0.15, 0.2) is 41.5 Å². The molecule has 1 aromatic heterocycles. The number of halogens is 1. The zero-order chi connectivity index (χ0) is 17.7. The predicted octanol–water partition coefficient (Wildman–Crippen LogP) is 2.94. The van der Waals surface area contributed by atoms with Crippen LogP contribution in [0, 0.1) is 11.9 Å². The Morgan fingerprint density at radius 1 is 1.31 bits per heavy atom. The topological polar surface area (TPSA) is 69.7 Å². The molecule has 26 heavy (non-hydrogen) atoms. The number of benzene rings is 1. The van der Waals surface area contributed by atoms with Crippen molar-refractivity contribution in [2.24, 2.45) is 16.6 Å². The van der Waals surface area contributed by atoms with Crippen molar-refractivity contribution in [1.82, 2.24) is 4.98 Å². The molecule has 0 unspecified atom stereocenters. The van der Waals surface area contributed by atoms with E-state index in [-0.39, 0.29) is 12.0 Å². The quantitative estimate of drug-likeness (QED) is 0.781. The average Bonchev–Trinajstić information content (AvgIpc) is 3.05. The van der Waals surface area contributed by atoms with Gasteiger partial charge in [0.15, 0.2) is 5.17 Å². The van der Waals surface area contributed by atoms with Crippen molar-refractivity contribution in [3.8, 4) is 16.9 Å². The zero-order valence-corrected chi connectivity index (χ0v) is 14.8. The molecule has 3 aliphatic rings. The number of nitrogens with zero attached hydrogens (tertiary/aromatic N) is 2. The van der Waals surface area contributed by atoms with Crippen molar-refractivity contribution in [3.63, 3.8) is 0 Å². The Labute approximate surface area is 154 Å². The highest BCUT2D eigenvalue weighted by Crippen LogP contribution is 2.52. The molecule has 1 fully saturated rings. The minimum Gasteiger partial charge on any atom is -0.489 e. The standard InChI is InChI=1S/C19H18FN3O2S/c20-17-12(2-1-6-22-17)11-3-4-15-13(8-11)19(10-26-18(21)23-19)14-9-24-7-5-16(14)25-15/h1-4,6,8,14,16H,5,7,9-10H2,(H2,21,23)/t14-,16-,19-/m0/s1. The van der Waals surface area contributed by atoms with E-state index in [0.29, 0.717) is 23.9 Å². The van der Waals surface area contributed by atoms with Crippen molar-refractivity contribution in [1.29, 1.82) is 0 Å². The Morgan fingerprint density at radius 3 is 3.04 bits per heavy atom. The molecule has 0 aliphatic carbocycles. The van der Waals surface area contributed by atoms with E-state index in [0.717, 1.165) is 29.1 Å². The molecule has 1 saturated heterocycles. The maximum absolute atomic E-state index is 14.2. The second-order valence-electron chi connectivity index (χ2n) is 6.84. The van der Waals surface area contributed by atoms with Crippen molar-refractivity contribution in [2.45, 2.75) is 18.1 Å². The van der Waals surface area contributed by atoms with E-state index >= 15 is 0 Å². The fourth-order valence-corrected chi connectivity index (χ4v) is 5.21. The van der Waals surface area contributed by atoms with Gasteiger partial charge in [0.25, 0.3) is 0 Å². The molecule has 3 aliphatic heterocycles. The van der Waals surface area contributed by atoms with Crippen LogP contribution in [0.4, 0.5) is 4.39 Å². The Bertz CT molecular complexity index is 906. The lowest BCUT2D eigenvalue weighted by atomic mass is 9.73. The van der Waals surface area contributed by atoms with Gasteiger partial charge in [-0.3, -0.25) is 0 Å². The number of thioether (sulfide) groups is 1. The van der Waals surface area contributed by atoms with Gasteiger partial charge in [-0.05, 0) is 29.8 Å². The summed E-state index contributed by atoms with van der Waals surface area (Å²) in [6.45, 7) is 1.28. The molecule has 0 radical (unpaired) electrons. The molecule has 4 heterocycles. The zero-order valence-electron chi connectivity index (χ0n) is 14.0. The summed E-state index contributed by atoms with van der Waals surface area (Å²) in [5, 5.41) is 0.583. The van der Waals surface area contributed by atoms with Crippen molar-refractivity contribution >= 4 is 16.9 Å². The normalized spacial score (nSPS) is 29.7. The number of fused-ring (bicyclic) bond motifs is 4. The van der Waals surface area contributed by atoms with Gasteiger partial charge in [0.1, 0.15) is 17.4 Å². The lowest BCUT2D eigenvalue weighted by Crippen LogP contribution is -2.52. The molecular weight excluding hydrogens is 353 g/mol. The fraction of sp³-hybridized carbons (Fsp3) is 0.368. The van der Waals surface area contributed by atoms with Gasteiger partial charge in [-0.2, -0.15) is 4.39 Å². The van der Waals surface area contributed by atoms with Crippen LogP contribution in [0.3, 0.4) is 0 Å². The van der Waals surface area contributed by atoms with Gasteiger partial charge in [-0.15, -0.1) is 0 Å². The highest BCUT2D eigenvalue weighted by molar-refractivity contribution is 8.14. The summed E-state index contributed by atoms with van der Waals surface area (Å²) in [5.41, 5.74) is 7.76. The molecule has 5 nitrogen and oxygen atoms in total. The van der Waals surface area contributed by atoms with E-state index in [1.165, 1.54) is 6.20 Å². The van der Waals surface area contributed by atoms with E-state index in [9.17, 15) is 4.39 Å². The van der Waals surface area contributed by atoms with Gasteiger partial charge in [0, 0.05) is 35.4 Å². The lowest BCUT2D eigenvalue weighted by molar-refractivity contribution is -0.0628. The Morgan fingerprint density at radius 2 is 2.23 bits per heavy atom. The smallest absolute Gasteiger partial charge is 0.220 e. The van der Waals surface area contributed by atoms with Crippen LogP contribution in [-0.4, -0.2) is 35.2 Å². The first-order valence-electron chi connectivity index (χ1n) is 8.65. The maximum Gasteiger partial charge on any atom is 0.220 e. The largest absolute Gasteiger partial charge is 0.489 e. The molecule has 134 valence electrons. The summed E-state index contributed by atoms with van der Waals surface area (Å²) >= 11 is 1.56. The number of ether oxygens (including phenoxy) is 2. The second-order valence-corrected chi connectivity index (χ2v) is 7.84. The van der Waals surface area contributed by atoms with Crippen LogP contribution in [0.2, 0.25) is 0 Å². The number of pyridine rings is 1. The van der Waals surface area contributed by atoms with Gasteiger partial charge in [-0.1, -0.05) is 17.8 Å². The molecule has 1 spiro atoms. The minimum absolute atomic E-state index is 0.0625. The monoisotopic (exact) mass is 371 g/mol. The van der Waals surface area contributed by atoms with E-state index in [1.54, 1.807) is 23.9 Å². The summed E-state index contributed by atoms with van der Waals surface area (Å²) in [5.74, 6) is 1.17. The first-order chi connectivity index (χ1) is 12.7. The van der Waals surface area contributed by atoms with Crippen molar-refractivity contribution in [3.05, 3.63) is 48.0 Å². The number of hydrogen-bond donors (Lipinski definition) is 1. The summed E-state index contributed by atoms with van der Waals surface area (Å²) in [7, 11) is 0. The number of rotatable bonds is 1. The third kappa shape index (κ3) is 2.34. The molecule has 2 N–H and O–H groups in total. The molecule has 2 aromatic rings. The van der Waals surface area contributed by atoms with Crippen molar-refractivity contribution < 1.29 is 13.9 Å². The summed E-state index contributed by atoms with van der Waals surface area (Å²) in [6.07, 6.45) is 2.35. The Balaban J connectivity index is 1.69. The number of hydrogen-bond acceptors (Lipinski definition) is 6. The van der Waals surface area contributed by atoms with Crippen LogP contribution in [0.1, 0.15) is 12.0 Å². The molecule has 0 amide bonds. The number of amidine groups is 1. The molecule has 1 aromatic carbocycles. The molecule has 3 atom stereocenters. The number of aromatic nitrogens is 1. The molecule has 5 rings (SSSR count). The first-order valence-corrected chi connectivity index (χ1v) is 9.64. The molecule has 7 heteroatoms. The minimum atomic E-state index is -0.485. The van der Waals surface area contributed by atoms with Gasteiger partial charge in [0.2, 0.25) is 5.95 Å². The third-order valence-electron chi connectivity index (χ3n) is 5.45. The highest BCUT2D eigenvalue weighted by atomic mass is 32.2. The molecule has 0 saturated carbocycles. The van der Waals surface area contributed by atoms with E-state index in [2.05, 4.69) is 4.98 Å². The van der Waals surface area contributed by atoms with Crippen LogP contribution in [0.5, 0.6) is 5.75 Å². The van der Waals surface area contributed by atoms with Gasteiger partial charge in [-0.25, -0.2) is 9.98 Å². The highest BCUT2D eigenvalue weighted by Gasteiger charge is 2.53. The van der Waals surface area contributed by atoms with Crippen LogP contribution in [-0.2, 0) is 10.3 Å². The first kappa shape index (κ1) is 16.1. The molecular formula is C19H18FN3O2S. The third-order valence-corrected chi connectivity index (χ3v) is 6.42. The van der Waals surface area contributed by atoms with Crippen LogP contribution < -0.4 is 10.5 Å². The summed E-state index contributed by atoms with van der Waals surface area (Å²) in [4.78, 5) is 8.62. The molecule has 0 bridgehead atoms. The van der Waals surface area contributed by atoms with Crippen LogP contribution >= 0.6 is 11.8 Å². The summed E-state index contributed by atoms with van der Waals surface area (Å²) < 4.78 is 26.2. The Kier molecular flexibility index (Phi) is 3.68.